The van der Waals surface area contributed by atoms with Crippen LogP contribution in [0.2, 0.25) is 5.02 Å². The second-order valence-corrected chi connectivity index (χ2v) is 4.81. The monoisotopic (exact) mass is 294 g/mol. The summed E-state index contributed by atoms with van der Waals surface area (Å²) in [5.74, 6) is -1.08. The third kappa shape index (κ3) is 2.17. The summed E-state index contributed by atoms with van der Waals surface area (Å²) in [6.07, 6.45) is -1.35. The number of furan rings is 1. The summed E-state index contributed by atoms with van der Waals surface area (Å²) in [6, 6.07) is 9.75. The van der Waals surface area contributed by atoms with Crippen molar-refractivity contribution in [2.75, 3.05) is 0 Å². The van der Waals surface area contributed by atoms with E-state index in [2.05, 4.69) is 0 Å². The molecule has 0 bridgehead atoms. The van der Waals surface area contributed by atoms with Gasteiger partial charge < -0.3 is 9.52 Å². The Kier molecular flexibility index (Phi) is 3.20. The number of aliphatic hydroxyl groups excluding tert-OH is 1. The Balaban J connectivity index is 2.10. The second-order valence-electron chi connectivity index (χ2n) is 4.38. The molecule has 1 N–H and O–H groups in total. The lowest BCUT2D eigenvalue weighted by molar-refractivity contribution is 0.187. The molecule has 5 heteroatoms. The van der Waals surface area contributed by atoms with Gasteiger partial charge >= 0.3 is 0 Å². The lowest BCUT2D eigenvalue weighted by atomic mass is 10.1. The van der Waals surface area contributed by atoms with Gasteiger partial charge in [0.15, 0.2) is 11.4 Å². The fourth-order valence-electron chi connectivity index (χ4n) is 2.06. The SMILES string of the molecule is OC(c1cc2cccc(F)c2o1)c1cc(Cl)ccc1F. The van der Waals surface area contributed by atoms with Crippen molar-refractivity contribution >= 4 is 22.6 Å². The fourth-order valence-corrected chi connectivity index (χ4v) is 2.24. The quantitative estimate of drug-likeness (QED) is 0.757. The Hall–Kier alpha value is -1.91. The van der Waals surface area contributed by atoms with Crippen LogP contribution in [-0.4, -0.2) is 5.11 Å². The smallest absolute Gasteiger partial charge is 0.170 e. The Morgan fingerprint density at radius 3 is 2.60 bits per heavy atom. The van der Waals surface area contributed by atoms with Crippen LogP contribution in [0.25, 0.3) is 11.0 Å². The highest BCUT2D eigenvalue weighted by Gasteiger charge is 2.20. The molecule has 0 fully saturated rings. The standard InChI is InChI=1S/C15H9ClF2O2/c16-9-4-5-11(17)10(7-9)14(19)13-6-8-2-1-3-12(18)15(8)20-13/h1-7,14,19H. The minimum atomic E-state index is -1.35. The average Bonchev–Trinajstić information content (AvgIpc) is 2.86. The van der Waals surface area contributed by atoms with Gasteiger partial charge in [0.05, 0.1) is 0 Å². The van der Waals surface area contributed by atoms with Gasteiger partial charge in [-0.1, -0.05) is 23.7 Å². The van der Waals surface area contributed by atoms with Crippen LogP contribution in [0.4, 0.5) is 8.78 Å². The van der Waals surface area contributed by atoms with E-state index in [-0.39, 0.29) is 16.9 Å². The van der Waals surface area contributed by atoms with Crippen molar-refractivity contribution in [3.63, 3.8) is 0 Å². The van der Waals surface area contributed by atoms with E-state index in [4.69, 9.17) is 16.0 Å². The summed E-state index contributed by atoms with van der Waals surface area (Å²) in [5.41, 5.74) is 0.0148. The Labute approximate surface area is 118 Å². The van der Waals surface area contributed by atoms with Crippen molar-refractivity contribution in [3.05, 3.63) is 70.4 Å². The number of benzene rings is 2. The first kappa shape index (κ1) is 13.1. The van der Waals surface area contributed by atoms with Crippen LogP contribution in [0.3, 0.4) is 0 Å². The van der Waals surface area contributed by atoms with Gasteiger partial charge in [-0.3, -0.25) is 0 Å². The molecule has 0 saturated carbocycles. The third-order valence-electron chi connectivity index (χ3n) is 3.04. The van der Waals surface area contributed by atoms with E-state index >= 15 is 0 Å². The van der Waals surface area contributed by atoms with Gasteiger partial charge in [-0.05, 0) is 30.3 Å². The highest BCUT2D eigenvalue weighted by molar-refractivity contribution is 6.30. The molecule has 3 rings (SSSR count). The zero-order chi connectivity index (χ0) is 14.3. The van der Waals surface area contributed by atoms with Gasteiger partial charge in [0.2, 0.25) is 0 Å². The van der Waals surface area contributed by atoms with Crippen LogP contribution < -0.4 is 0 Å². The van der Waals surface area contributed by atoms with E-state index < -0.39 is 17.7 Å². The fraction of sp³-hybridized carbons (Fsp3) is 0.0667. The molecule has 0 aliphatic carbocycles. The number of fused-ring (bicyclic) bond motifs is 1. The Morgan fingerprint density at radius 2 is 1.85 bits per heavy atom. The summed E-state index contributed by atoms with van der Waals surface area (Å²) >= 11 is 5.78. The molecule has 0 saturated heterocycles. The third-order valence-corrected chi connectivity index (χ3v) is 3.27. The van der Waals surface area contributed by atoms with Crippen molar-refractivity contribution < 1.29 is 18.3 Å². The molecule has 0 amide bonds. The maximum atomic E-state index is 13.7. The first-order valence-electron chi connectivity index (χ1n) is 5.87. The normalized spacial score (nSPS) is 12.8. The Morgan fingerprint density at radius 1 is 1.05 bits per heavy atom. The van der Waals surface area contributed by atoms with Crippen LogP contribution in [0.15, 0.2) is 46.9 Å². The minimum absolute atomic E-state index is 0.0167. The number of hydrogen-bond acceptors (Lipinski definition) is 2. The van der Waals surface area contributed by atoms with Crippen molar-refractivity contribution in [2.45, 2.75) is 6.10 Å². The second kappa shape index (κ2) is 4.89. The topological polar surface area (TPSA) is 33.4 Å². The van der Waals surface area contributed by atoms with E-state index in [0.717, 1.165) is 6.07 Å². The maximum Gasteiger partial charge on any atom is 0.170 e. The molecule has 0 spiro atoms. The van der Waals surface area contributed by atoms with E-state index in [1.165, 1.54) is 30.3 Å². The predicted molar refractivity (Wildman–Crippen MR) is 71.6 cm³/mol. The van der Waals surface area contributed by atoms with Crippen molar-refractivity contribution in [1.82, 2.24) is 0 Å². The molecule has 0 aliphatic heterocycles. The summed E-state index contributed by atoms with van der Waals surface area (Å²) in [5, 5.41) is 11.0. The van der Waals surface area contributed by atoms with Crippen molar-refractivity contribution in [1.29, 1.82) is 0 Å². The van der Waals surface area contributed by atoms with Crippen LogP contribution in [0.1, 0.15) is 17.4 Å². The lowest BCUT2D eigenvalue weighted by Crippen LogP contribution is -2.01. The number of hydrogen-bond donors (Lipinski definition) is 1. The Bertz CT molecular complexity index is 783. The molecule has 1 aromatic heterocycles. The molecular weight excluding hydrogens is 286 g/mol. The van der Waals surface area contributed by atoms with Crippen LogP contribution in [-0.2, 0) is 0 Å². The molecular formula is C15H9ClF2O2. The molecule has 0 aliphatic rings. The molecule has 1 unspecified atom stereocenters. The molecule has 2 aromatic carbocycles. The largest absolute Gasteiger partial charge is 0.455 e. The van der Waals surface area contributed by atoms with E-state index in [1.54, 1.807) is 6.07 Å². The van der Waals surface area contributed by atoms with Gasteiger partial charge in [0.25, 0.3) is 0 Å². The first-order chi connectivity index (χ1) is 9.56. The number of para-hydroxylation sites is 1. The molecule has 20 heavy (non-hydrogen) atoms. The van der Waals surface area contributed by atoms with Gasteiger partial charge in [-0.25, -0.2) is 8.78 Å². The minimum Gasteiger partial charge on any atom is -0.455 e. The highest BCUT2D eigenvalue weighted by atomic mass is 35.5. The van der Waals surface area contributed by atoms with Crippen LogP contribution in [0.5, 0.6) is 0 Å². The van der Waals surface area contributed by atoms with Crippen molar-refractivity contribution in [2.24, 2.45) is 0 Å². The molecule has 3 aromatic rings. The molecule has 2 nitrogen and oxygen atoms in total. The van der Waals surface area contributed by atoms with E-state index in [9.17, 15) is 13.9 Å². The summed E-state index contributed by atoms with van der Waals surface area (Å²) in [6.45, 7) is 0. The van der Waals surface area contributed by atoms with Gasteiger partial charge in [0.1, 0.15) is 17.7 Å². The van der Waals surface area contributed by atoms with Gasteiger partial charge in [-0.15, -0.1) is 0 Å². The summed E-state index contributed by atoms with van der Waals surface area (Å²) in [4.78, 5) is 0. The molecule has 1 atom stereocenters. The van der Waals surface area contributed by atoms with Crippen LogP contribution in [0, 0.1) is 11.6 Å². The predicted octanol–water partition coefficient (Wildman–Crippen LogP) is 4.45. The van der Waals surface area contributed by atoms with E-state index in [1.807, 2.05) is 0 Å². The van der Waals surface area contributed by atoms with E-state index in [0.29, 0.717) is 10.4 Å². The highest BCUT2D eigenvalue weighted by Crippen LogP contribution is 2.31. The number of rotatable bonds is 2. The molecule has 102 valence electrons. The molecule has 1 heterocycles. The molecule has 0 radical (unpaired) electrons. The number of aliphatic hydroxyl groups is 1. The van der Waals surface area contributed by atoms with Crippen molar-refractivity contribution in [3.8, 4) is 0 Å². The summed E-state index contributed by atoms with van der Waals surface area (Å²) < 4.78 is 32.5. The zero-order valence-electron chi connectivity index (χ0n) is 10.1. The lowest BCUT2D eigenvalue weighted by Gasteiger charge is -2.09. The van der Waals surface area contributed by atoms with Gasteiger partial charge in [0, 0.05) is 16.0 Å². The first-order valence-corrected chi connectivity index (χ1v) is 6.25. The van der Waals surface area contributed by atoms with Gasteiger partial charge in [-0.2, -0.15) is 0 Å². The zero-order valence-corrected chi connectivity index (χ0v) is 10.9. The van der Waals surface area contributed by atoms with Crippen LogP contribution >= 0.6 is 11.6 Å². The maximum absolute atomic E-state index is 13.7. The average molecular weight is 295 g/mol. The number of halogens is 3. The summed E-state index contributed by atoms with van der Waals surface area (Å²) in [7, 11) is 0.